The van der Waals surface area contributed by atoms with Gasteiger partial charge >= 0.3 is 0 Å². The molecule has 0 atom stereocenters. The minimum Gasteiger partial charge on any atom is -0.310 e. The molecule has 0 N–H and O–H groups in total. The number of nitrogens with zero attached hydrogens (tertiary/aromatic N) is 2. The third-order valence-corrected chi connectivity index (χ3v) is 9.91. The van der Waals surface area contributed by atoms with Gasteiger partial charge in [0.2, 0.25) is 0 Å². The van der Waals surface area contributed by atoms with E-state index in [9.17, 15) is 0 Å². The molecule has 2 nitrogen and oxygen atoms in total. The van der Waals surface area contributed by atoms with Crippen LogP contribution in [0.15, 0.2) is 182 Å². The lowest BCUT2D eigenvalue weighted by Crippen LogP contribution is -2.10. The number of anilines is 3. The maximum Gasteiger partial charge on any atom is 0.0561 e. The van der Waals surface area contributed by atoms with Crippen molar-refractivity contribution < 1.29 is 0 Å². The van der Waals surface area contributed by atoms with E-state index in [1.54, 1.807) is 0 Å². The summed E-state index contributed by atoms with van der Waals surface area (Å²) in [6, 6.07) is 66.3. The Kier molecular flexibility index (Phi) is 5.91. The largest absolute Gasteiger partial charge is 0.310 e. The molecule has 0 spiro atoms. The molecule has 0 aliphatic carbocycles. The lowest BCUT2D eigenvalue weighted by Gasteiger charge is -2.27. The van der Waals surface area contributed by atoms with Crippen LogP contribution >= 0.6 is 0 Å². The van der Waals surface area contributed by atoms with Gasteiger partial charge in [-0.2, -0.15) is 0 Å². The summed E-state index contributed by atoms with van der Waals surface area (Å²) in [5.41, 5.74) is 6.93. The molecular formula is C46H30N2. The Labute approximate surface area is 278 Å². The molecular weight excluding hydrogens is 581 g/mol. The molecule has 0 aliphatic heterocycles. The second kappa shape index (κ2) is 10.6. The number of hydrogen-bond acceptors (Lipinski definition) is 1. The van der Waals surface area contributed by atoms with Crippen LogP contribution in [0.25, 0.3) is 70.6 Å². The predicted octanol–water partition coefficient (Wildman–Crippen LogP) is 12.9. The van der Waals surface area contributed by atoms with Gasteiger partial charge in [0.1, 0.15) is 0 Å². The van der Waals surface area contributed by atoms with Gasteiger partial charge in [0, 0.05) is 33.2 Å². The zero-order valence-electron chi connectivity index (χ0n) is 26.2. The second-order valence-corrected chi connectivity index (χ2v) is 12.5. The summed E-state index contributed by atoms with van der Waals surface area (Å²) in [6.07, 6.45) is 0. The SMILES string of the molecule is c1ccc(N(c2ccc3c4ccccc4n(-c4ccccc4)c3c2)c2cccc3c2ccc2ccc4ccc5ccccc5c4c23)cc1. The van der Waals surface area contributed by atoms with E-state index in [1.807, 2.05) is 0 Å². The van der Waals surface area contributed by atoms with Crippen molar-refractivity contribution in [2.75, 3.05) is 4.90 Å². The van der Waals surface area contributed by atoms with Crippen molar-refractivity contribution in [1.29, 1.82) is 0 Å². The molecule has 1 heterocycles. The van der Waals surface area contributed by atoms with E-state index in [0.717, 1.165) is 22.7 Å². The van der Waals surface area contributed by atoms with Gasteiger partial charge in [0.15, 0.2) is 0 Å². The van der Waals surface area contributed by atoms with Crippen LogP contribution in [0.1, 0.15) is 0 Å². The average molecular weight is 611 g/mol. The number of rotatable bonds is 4. The van der Waals surface area contributed by atoms with Crippen molar-refractivity contribution in [3.8, 4) is 5.69 Å². The van der Waals surface area contributed by atoms with Crippen LogP contribution in [0.4, 0.5) is 17.1 Å². The third-order valence-electron chi connectivity index (χ3n) is 9.91. The second-order valence-electron chi connectivity index (χ2n) is 12.5. The first-order valence-corrected chi connectivity index (χ1v) is 16.5. The molecule has 1 aromatic heterocycles. The maximum absolute atomic E-state index is 2.42. The van der Waals surface area contributed by atoms with Gasteiger partial charge in [-0.25, -0.2) is 0 Å². The lowest BCUT2D eigenvalue weighted by atomic mass is 9.92. The molecule has 0 fully saturated rings. The molecule has 0 aliphatic rings. The normalized spacial score (nSPS) is 11.8. The van der Waals surface area contributed by atoms with Crippen molar-refractivity contribution in [3.05, 3.63) is 182 Å². The van der Waals surface area contributed by atoms with Gasteiger partial charge in [0.25, 0.3) is 0 Å². The number of fused-ring (bicyclic) bond motifs is 10. The fourth-order valence-electron chi connectivity index (χ4n) is 7.81. The Bertz CT molecular complexity index is 2830. The van der Waals surface area contributed by atoms with E-state index in [2.05, 4.69) is 191 Å². The minimum absolute atomic E-state index is 1.12. The highest BCUT2D eigenvalue weighted by Crippen LogP contribution is 2.44. The summed E-state index contributed by atoms with van der Waals surface area (Å²) in [5, 5.41) is 12.7. The minimum atomic E-state index is 1.12. The highest BCUT2D eigenvalue weighted by molar-refractivity contribution is 6.28. The highest BCUT2D eigenvalue weighted by Gasteiger charge is 2.20. The molecule has 10 aromatic rings. The molecule has 0 radical (unpaired) electrons. The molecule has 0 amide bonds. The first kappa shape index (κ1) is 26.8. The fraction of sp³-hybridized carbons (Fsp3) is 0. The molecule has 224 valence electrons. The molecule has 10 rings (SSSR count). The topological polar surface area (TPSA) is 8.17 Å². The number of para-hydroxylation sites is 3. The van der Waals surface area contributed by atoms with Gasteiger partial charge in [-0.1, -0.05) is 133 Å². The standard InChI is InChI=1S/C46H30N2/c1-3-13-34(14-4-1)47(36-27-29-39-38-18-9-10-20-43(38)48(44(39)30-36)35-15-5-2-6-16-35)42-21-11-19-41-40(42)28-26-33-25-24-32-23-22-31-12-7-8-17-37(31)45(32)46(33)41/h1-30H. The van der Waals surface area contributed by atoms with Crippen molar-refractivity contribution >= 4 is 82.0 Å². The van der Waals surface area contributed by atoms with E-state index < -0.39 is 0 Å². The van der Waals surface area contributed by atoms with Crippen molar-refractivity contribution in [3.63, 3.8) is 0 Å². The first-order chi connectivity index (χ1) is 23.8. The van der Waals surface area contributed by atoms with Crippen LogP contribution in [-0.4, -0.2) is 4.57 Å². The van der Waals surface area contributed by atoms with E-state index in [4.69, 9.17) is 0 Å². The zero-order chi connectivity index (χ0) is 31.6. The molecule has 0 bridgehead atoms. The summed E-state index contributed by atoms with van der Waals surface area (Å²) in [4.78, 5) is 2.42. The summed E-state index contributed by atoms with van der Waals surface area (Å²) >= 11 is 0. The van der Waals surface area contributed by atoms with Gasteiger partial charge < -0.3 is 9.47 Å². The average Bonchev–Trinajstić information content (AvgIpc) is 3.49. The first-order valence-electron chi connectivity index (χ1n) is 16.5. The zero-order valence-corrected chi connectivity index (χ0v) is 26.2. The highest BCUT2D eigenvalue weighted by atomic mass is 15.1. The Balaban J connectivity index is 1.28. The summed E-state index contributed by atoms with van der Waals surface area (Å²) in [7, 11) is 0. The van der Waals surface area contributed by atoms with Gasteiger partial charge in [-0.15, -0.1) is 0 Å². The van der Waals surface area contributed by atoms with Crippen LogP contribution < -0.4 is 4.90 Å². The monoisotopic (exact) mass is 610 g/mol. The number of benzene rings is 9. The Morgan fingerprint density at radius 1 is 0.333 bits per heavy atom. The third kappa shape index (κ3) is 4.00. The smallest absolute Gasteiger partial charge is 0.0561 e. The molecule has 9 aromatic carbocycles. The molecule has 0 saturated heterocycles. The molecule has 0 unspecified atom stereocenters. The van der Waals surface area contributed by atoms with Crippen LogP contribution in [0.5, 0.6) is 0 Å². The summed E-state index contributed by atoms with van der Waals surface area (Å²) in [5.74, 6) is 0. The Morgan fingerprint density at radius 3 is 1.73 bits per heavy atom. The van der Waals surface area contributed by atoms with Crippen LogP contribution in [0, 0.1) is 0 Å². The Hall–Kier alpha value is -6.38. The van der Waals surface area contributed by atoms with Crippen molar-refractivity contribution in [1.82, 2.24) is 4.57 Å². The predicted molar refractivity (Wildman–Crippen MR) is 205 cm³/mol. The van der Waals surface area contributed by atoms with E-state index in [-0.39, 0.29) is 0 Å². The van der Waals surface area contributed by atoms with Gasteiger partial charge in [-0.3, -0.25) is 0 Å². The molecule has 2 heteroatoms. The van der Waals surface area contributed by atoms with Crippen molar-refractivity contribution in [2.24, 2.45) is 0 Å². The van der Waals surface area contributed by atoms with E-state index in [0.29, 0.717) is 0 Å². The quantitative estimate of drug-likeness (QED) is 0.180. The summed E-state index contributed by atoms with van der Waals surface area (Å²) in [6.45, 7) is 0. The van der Waals surface area contributed by atoms with E-state index >= 15 is 0 Å². The number of aromatic nitrogens is 1. The van der Waals surface area contributed by atoms with Crippen LogP contribution in [0.3, 0.4) is 0 Å². The van der Waals surface area contributed by atoms with Crippen molar-refractivity contribution in [2.45, 2.75) is 0 Å². The molecule has 48 heavy (non-hydrogen) atoms. The van der Waals surface area contributed by atoms with Gasteiger partial charge in [-0.05, 0) is 86.2 Å². The summed E-state index contributed by atoms with van der Waals surface area (Å²) < 4.78 is 2.39. The van der Waals surface area contributed by atoms with Gasteiger partial charge in [0.05, 0.1) is 16.7 Å². The molecule has 0 saturated carbocycles. The van der Waals surface area contributed by atoms with E-state index in [1.165, 1.54) is 64.9 Å². The van der Waals surface area contributed by atoms with Crippen LogP contribution in [0.2, 0.25) is 0 Å². The lowest BCUT2D eigenvalue weighted by molar-refractivity contribution is 1.18. The van der Waals surface area contributed by atoms with Crippen LogP contribution in [-0.2, 0) is 0 Å². The maximum atomic E-state index is 2.42. The number of hydrogen-bond donors (Lipinski definition) is 0. The Morgan fingerprint density at radius 2 is 0.917 bits per heavy atom. The fourth-order valence-corrected chi connectivity index (χ4v) is 7.81.